The number of aromatic nitrogens is 1. The van der Waals surface area contributed by atoms with Gasteiger partial charge in [-0.1, -0.05) is 13.8 Å². The molecule has 6 heteroatoms. The van der Waals surface area contributed by atoms with Gasteiger partial charge in [0.05, 0.1) is 11.9 Å². The summed E-state index contributed by atoms with van der Waals surface area (Å²) < 4.78 is 15.4. The van der Waals surface area contributed by atoms with E-state index < -0.39 is 5.97 Å². The van der Waals surface area contributed by atoms with E-state index in [0.717, 1.165) is 27.8 Å². The predicted octanol–water partition coefficient (Wildman–Crippen LogP) is 4.49. The Kier molecular flexibility index (Phi) is 4.99. The van der Waals surface area contributed by atoms with Crippen LogP contribution in [0.5, 0.6) is 0 Å². The van der Waals surface area contributed by atoms with Crippen LogP contribution < -0.4 is 5.73 Å². The van der Waals surface area contributed by atoms with Crippen molar-refractivity contribution in [2.75, 3.05) is 5.73 Å². The number of nitrogens with one attached hydrogen (secondary N) is 1. The lowest BCUT2D eigenvalue weighted by Gasteiger charge is -2.13. The zero-order valence-corrected chi connectivity index (χ0v) is 15.3. The summed E-state index contributed by atoms with van der Waals surface area (Å²) >= 11 is 0. The first-order chi connectivity index (χ1) is 12.8. The van der Waals surface area contributed by atoms with Crippen molar-refractivity contribution in [1.82, 2.24) is 4.57 Å². The number of fused-ring (bicyclic) bond motifs is 1. The lowest BCUT2D eigenvalue weighted by atomic mass is 9.96. The maximum Gasteiger partial charge on any atom is 0.303 e. The fourth-order valence-electron chi connectivity index (χ4n) is 3.57. The Morgan fingerprint density at radius 1 is 1.30 bits per heavy atom. The number of benzene rings is 2. The number of rotatable bonds is 6. The smallest absolute Gasteiger partial charge is 0.303 e. The monoisotopic (exact) mass is 367 g/mol. The molecule has 0 saturated heterocycles. The van der Waals surface area contributed by atoms with Gasteiger partial charge >= 0.3 is 5.97 Å². The van der Waals surface area contributed by atoms with Crippen LogP contribution in [0.3, 0.4) is 0 Å². The Morgan fingerprint density at radius 3 is 2.52 bits per heavy atom. The number of nitrogens with two attached hydrogens (primary N) is 1. The standard InChI is InChI=1S/C21H22FN3O2/c1-12(2)21-16-10-17(24)13(11-23)9-19(16)25(18(21)7-8-20(26)27)15-5-3-14(22)4-6-15/h3-6,9-12,23H,7-8,24H2,1-2H3,(H,26,27). The van der Waals surface area contributed by atoms with Crippen LogP contribution in [0, 0.1) is 11.2 Å². The molecule has 0 spiro atoms. The fourth-order valence-corrected chi connectivity index (χ4v) is 3.57. The molecule has 0 atom stereocenters. The van der Waals surface area contributed by atoms with Crippen LogP contribution in [0.25, 0.3) is 16.6 Å². The number of hydrogen-bond acceptors (Lipinski definition) is 3. The third-order valence-electron chi connectivity index (χ3n) is 4.71. The Balaban J connectivity index is 2.40. The molecule has 4 N–H and O–H groups in total. The molecule has 0 fully saturated rings. The molecular formula is C21H22FN3O2. The van der Waals surface area contributed by atoms with Crippen molar-refractivity contribution in [2.24, 2.45) is 0 Å². The summed E-state index contributed by atoms with van der Waals surface area (Å²) in [6.45, 7) is 4.10. The molecule has 1 heterocycles. The highest BCUT2D eigenvalue weighted by Crippen LogP contribution is 2.37. The molecular weight excluding hydrogens is 345 g/mol. The fraction of sp³-hybridized carbons (Fsp3) is 0.238. The zero-order valence-electron chi connectivity index (χ0n) is 15.3. The normalized spacial score (nSPS) is 11.3. The molecule has 0 bridgehead atoms. The van der Waals surface area contributed by atoms with E-state index in [-0.39, 0.29) is 18.2 Å². The first-order valence-corrected chi connectivity index (χ1v) is 8.78. The molecule has 1 aromatic heterocycles. The highest BCUT2D eigenvalue weighted by molar-refractivity contribution is 5.98. The average molecular weight is 367 g/mol. The van der Waals surface area contributed by atoms with Crippen molar-refractivity contribution in [3.05, 3.63) is 59.0 Å². The Hall–Kier alpha value is -3.15. The van der Waals surface area contributed by atoms with Crippen molar-refractivity contribution < 1.29 is 14.3 Å². The summed E-state index contributed by atoms with van der Waals surface area (Å²) in [7, 11) is 0. The predicted molar refractivity (Wildman–Crippen MR) is 106 cm³/mol. The van der Waals surface area contributed by atoms with Crippen LogP contribution in [-0.4, -0.2) is 21.9 Å². The van der Waals surface area contributed by atoms with Gasteiger partial charge in [0, 0.05) is 34.2 Å². The summed E-state index contributed by atoms with van der Waals surface area (Å²) in [5.41, 5.74) is 10.7. The molecule has 3 aromatic rings. The number of carboxylic acids is 1. The number of aliphatic carboxylic acids is 1. The van der Waals surface area contributed by atoms with Gasteiger partial charge in [0.1, 0.15) is 5.82 Å². The van der Waals surface area contributed by atoms with Gasteiger partial charge in [0.15, 0.2) is 0 Å². The Bertz CT molecular complexity index is 1020. The van der Waals surface area contributed by atoms with Crippen molar-refractivity contribution in [3.63, 3.8) is 0 Å². The first-order valence-electron chi connectivity index (χ1n) is 8.78. The van der Waals surface area contributed by atoms with E-state index in [2.05, 4.69) is 13.8 Å². The number of nitrogens with zero attached hydrogens (tertiary/aromatic N) is 1. The van der Waals surface area contributed by atoms with Crippen molar-refractivity contribution in [2.45, 2.75) is 32.6 Å². The molecule has 0 saturated carbocycles. The second kappa shape index (κ2) is 7.23. The molecule has 0 radical (unpaired) electrons. The average Bonchev–Trinajstić information content (AvgIpc) is 2.93. The molecule has 5 nitrogen and oxygen atoms in total. The van der Waals surface area contributed by atoms with Crippen molar-refractivity contribution in [3.8, 4) is 5.69 Å². The van der Waals surface area contributed by atoms with Gasteiger partial charge in [0.2, 0.25) is 0 Å². The van der Waals surface area contributed by atoms with Crippen LogP contribution in [0.15, 0.2) is 36.4 Å². The van der Waals surface area contributed by atoms with Crippen LogP contribution in [0.1, 0.15) is 43.0 Å². The van der Waals surface area contributed by atoms with Gasteiger partial charge in [-0.15, -0.1) is 0 Å². The number of halogens is 1. The third-order valence-corrected chi connectivity index (χ3v) is 4.71. The maximum atomic E-state index is 13.4. The molecule has 0 amide bonds. The molecule has 2 aromatic carbocycles. The maximum absolute atomic E-state index is 13.4. The highest BCUT2D eigenvalue weighted by Gasteiger charge is 2.22. The molecule has 0 aliphatic rings. The van der Waals surface area contributed by atoms with E-state index in [4.69, 9.17) is 11.1 Å². The quantitative estimate of drug-likeness (QED) is 0.443. The van der Waals surface area contributed by atoms with E-state index >= 15 is 0 Å². The highest BCUT2D eigenvalue weighted by atomic mass is 19.1. The van der Waals surface area contributed by atoms with Crippen molar-refractivity contribution >= 4 is 28.8 Å². The zero-order chi connectivity index (χ0) is 19.7. The molecule has 0 unspecified atom stereocenters. The third kappa shape index (κ3) is 3.43. The molecule has 0 aliphatic carbocycles. The number of carbonyl (C=O) groups is 1. The van der Waals surface area contributed by atoms with Crippen molar-refractivity contribution in [1.29, 1.82) is 5.41 Å². The molecule has 27 heavy (non-hydrogen) atoms. The number of nitrogen functional groups attached to an aromatic ring is 1. The van der Waals surface area contributed by atoms with Gasteiger partial charge in [-0.25, -0.2) is 4.39 Å². The van der Waals surface area contributed by atoms with E-state index in [1.165, 1.54) is 18.3 Å². The van der Waals surface area contributed by atoms with Gasteiger partial charge in [-0.3, -0.25) is 4.79 Å². The number of carboxylic acid groups (broad SMARTS) is 1. The minimum atomic E-state index is -0.875. The summed E-state index contributed by atoms with van der Waals surface area (Å²) in [5.74, 6) is -1.07. The second-order valence-corrected chi connectivity index (χ2v) is 6.86. The number of anilines is 1. The lowest BCUT2D eigenvalue weighted by molar-refractivity contribution is -0.136. The second-order valence-electron chi connectivity index (χ2n) is 6.86. The van der Waals surface area contributed by atoms with Gasteiger partial charge in [-0.2, -0.15) is 0 Å². The lowest BCUT2D eigenvalue weighted by Crippen LogP contribution is -2.07. The van der Waals surface area contributed by atoms with Crippen LogP contribution >= 0.6 is 0 Å². The SMILES string of the molecule is CC(C)c1c(CCC(=O)O)n(-c2ccc(F)cc2)c2cc(C=N)c(N)cc12. The minimum absolute atomic E-state index is 0.00978. The van der Waals surface area contributed by atoms with Gasteiger partial charge < -0.3 is 20.8 Å². The van der Waals surface area contributed by atoms with Gasteiger partial charge in [-0.05, 0) is 54.3 Å². The van der Waals surface area contributed by atoms with Crippen LogP contribution in [-0.2, 0) is 11.2 Å². The van der Waals surface area contributed by atoms with Crippen LogP contribution in [0.2, 0.25) is 0 Å². The topological polar surface area (TPSA) is 92.1 Å². The Labute approximate surface area is 156 Å². The van der Waals surface area contributed by atoms with Crippen LogP contribution in [0.4, 0.5) is 10.1 Å². The van der Waals surface area contributed by atoms with E-state index in [1.54, 1.807) is 12.1 Å². The molecule has 3 rings (SSSR count). The summed E-state index contributed by atoms with van der Waals surface area (Å²) in [5, 5.41) is 17.7. The summed E-state index contributed by atoms with van der Waals surface area (Å²) in [4.78, 5) is 11.2. The largest absolute Gasteiger partial charge is 0.481 e. The first kappa shape index (κ1) is 18.6. The minimum Gasteiger partial charge on any atom is -0.481 e. The van der Waals surface area contributed by atoms with E-state index in [9.17, 15) is 14.3 Å². The number of hydrogen-bond donors (Lipinski definition) is 3. The summed E-state index contributed by atoms with van der Waals surface area (Å²) in [6, 6.07) is 9.78. The van der Waals surface area contributed by atoms with E-state index in [0.29, 0.717) is 17.7 Å². The Morgan fingerprint density at radius 2 is 1.96 bits per heavy atom. The molecule has 140 valence electrons. The molecule has 0 aliphatic heterocycles. The van der Waals surface area contributed by atoms with Gasteiger partial charge in [0.25, 0.3) is 0 Å². The summed E-state index contributed by atoms with van der Waals surface area (Å²) in [6.07, 6.45) is 1.53. The van der Waals surface area contributed by atoms with E-state index in [1.807, 2.05) is 16.7 Å².